The predicted molar refractivity (Wildman–Crippen MR) is 148 cm³/mol. The fourth-order valence-electron chi connectivity index (χ4n) is 6.12. The molecule has 2 aromatic carbocycles. The zero-order valence-electron chi connectivity index (χ0n) is 22.9. The molecular weight excluding hydrogens is 560 g/mol. The third-order valence-electron chi connectivity index (χ3n) is 8.52. The van der Waals surface area contributed by atoms with Gasteiger partial charge in [0.05, 0.1) is 17.2 Å². The summed E-state index contributed by atoms with van der Waals surface area (Å²) >= 11 is 0. The summed E-state index contributed by atoms with van der Waals surface area (Å²) in [6, 6.07) is 9.50. The molecule has 0 spiro atoms. The molecule has 1 amide bonds. The van der Waals surface area contributed by atoms with Gasteiger partial charge in [-0.1, -0.05) is 18.2 Å². The number of benzene rings is 2. The standard InChI is InChI=1S/C31H33F6N3O2/c32-30(33,34)23-15-20(16-24(17-23)31(35,36)37)5-6-29(42)40-13-9-22(10-14-40)28(41)19-39-11-7-21(8-12-39)26-18-38-27-4-2-1-3-25(26)27/h1-6,15-18,21-22,28,38,41H,7-14,19H2/b6-5+. The molecule has 2 saturated heterocycles. The molecule has 0 bridgehead atoms. The van der Waals surface area contributed by atoms with Crippen molar-refractivity contribution >= 4 is 22.9 Å². The molecule has 5 rings (SSSR count). The lowest BCUT2D eigenvalue weighted by Gasteiger charge is -2.37. The van der Waals surface area contributed by atoms with Crippen LogP contribution in [0.1, 0.15) is 53.9 Å². The number of alkyl halides is 6. The number of nitrogens with zero attached hydrogens (tertiary/aromatic N) is 2. The lowest BCUT2D eigenvalue weighted by molar-refractivity contribution is -0.143. The highest BCUT2D eigenvalue weighted by Crippen LogP contribution is 2.37. The van der Waals surface area contributed by atoms with Crippen molar-refractivity contribution in [2.45, 2.75) is 50.1 Å². The van der Waals surface area contributed by atoms with Gasteiger partial charge in [-0.3, -0.25) is 4.79 Å². The van der Waals surface area contributed by atoms with Crippen LogP contribution in [0.3, 0.4) is 0 Å². The Balaban J connectivity index is 1.10. The SMILES string of the molecule is O=C(/C=C/c1cc(C(F)(F)F)cc(C(F)(F)F)c1)N1CCC(C(O)CN2CCC(c3c[nH]c4ccccc34)CC2)CC1. The molecule has 1 atom stereocenters. The number of halogens is 6. The molecule has 226 valence electrons. The average Bonchev–Trinajstić information content (AvgIpc) is 3.39. The number of hydrogen-bond donors (Lipinski definition) is 2. The number of piperidine rings is 2. The molecule has 1 aromatic heterocycles. The Hall–Kier alpha value is -3.31. The van der Waals surface area contributed by atoms with Crippen LogP contribution in [0.4, 0.5) is 26.3 Å². The molecule has 0 aliphatic carbocycles. The summed E-state index contributed by atoms with van der Waals surface area (Å²) in [5.74, 6) is -0.0247. The van der Waals surface area contributed by atoms with E-state index in [4.69, 9.17) is 0 Å². The molecule has 11 heteroatoms. The van der Waals surface area contributed by atoms with Crippen molar-refractivity contribution in [3.05, 3.63) is 77.0 Å². The number of aliphatic hydroxyl groups is 1. The van der Waals surface area contributed by atoms with Crippen LogP contribution in [-0.2, 0) is 17.1 Å². The predicted octanol–water partition coefficient (Wildman–Crippen LogP) is 6.70. The minimum absolute atomic E-state index is 0.00202. The van der Waals surface area contributed by atoms with Crippen molar-refractivity contribution < 1.29 is 36.2 Å². The maximum Gasteiger partial charge on any atom is 0.416 e. The van der Waals surface area contributed by atoms with E-state index in [2.05, 4.69) is 28.2 Å². The second-order valence-corrected chi connectivity index (χ2v) is 11.3. The maximum absolute atomic E-state index is 13.1. The van der Waals surface area contributed by atoms with Crippen molar-refractivity contribution in [3.63, 3.8) is 0 Å². The second-order valence-electron chi connectivity index (χ2n) is 11.3. The molecular formula is C31H33F6N3O2. The van der Waals surface area contributed by atoms with Gasteiger partial charge in [0.2, 0.25) is 5.91 Å². The van der Waals surface area contributed by atoms with Gasteiger partial charge >= 0.3 is 12.4 Å². The van der Waals surface area contributed by atoms with Crippen molar-refractivity contribution in [1.82, 2.24) is 14.8 Å². The number of carbonyl (C=O) groups is 1. The number of aliphatic hydroxyl groups excluding tert-OH is 1. The van der Waals surface area contributed by atoms with E-state index in [1.165, 1.54) is 15.8 Å². The average molecular weight is 594 g/mol. The Morgan fingerprint density at radius 1 is 0.929 bits per heavy atom. The minimum atomic E-state index is -4.95. The zero-order valence-corrected chi connectivity index (χ0v) is 22.9. The number of H-pyrrole nitrogens is 1. The molecule has 2 N–H and O–H groups in total. The number of fused-ring (bicyclic) bond motifs is 1. The molecule has 3 heterocycles. The van der Waals surface area contributed by atoms with E-state index in [-0.39, 0.29) is 17.5 Å². The number of para-hydroxylation sites is 1. The van der Waals surface area contributed by atoms with Gasteiger partial charge in [-0.15, -0.1) is 0 Å². The fraction of sp³-hybridized carbons (Fsp3) is 0.452. The second kappa shape index (κ2) is 12.1. The van der Waals surface area contributed by atoms with Gasteiger partial charge in [0.25, 0.3) is 0 Å². The third-order valence-corrected chi connectivity index (χ3v) is 8.52. The Labute approximate surface area is 239 Å². The lowest BCUT2D eigenvalue weighted by atomic mass is 9.87. The Kier molecular flexibility index (Phi) is 8.71. The first-order chi connectivity index (χ1) is 19.9. The van der Waals surface area contributed by atoms with Crippen LogP contribution in [0.15, 0.2) is 54.7 Å². The number of β-amino-alcohol motifs (C(OH)–C–C–N with tert-alkyl or cyclic N) is 1. The number of amides is 1. The Morgan fingerprint density at radius 3 is 2.17 bits per heavy atom. The van der Waals surface area contributed by atoms with Gasteiger partial charge in [0.1, 0.15) is 0 Å². The molecule has 0 saturated carbocycles. The highest BCUT2D eigenvalue weighted by Gasteiger charge is 2.37. The molecule has 2 fully saturated rings. The van der Waals surface area contributed by atoms with Crippen LogP contribution in [0.5, 0.6) is 0 Å². The van der Waals surface area contributed by atoms with E-state index < -0.39 is 35.5 Å². The Bertz CT molecular complexity index is 1380. The Morgan fingerprint density at radius 2 is 1.55 bits per heavy atom. The topological polar surface area (TPSA) is 59.6 Å². The summed E-state index contributed by atoms with van der Waals surface area (Å²) in [7, 11) is 0. The monoisotopic (exact) mass is 593 g/mol. The molecule has 0 radical (unpaired) electrons. The molecule has 2 aliphatic heterocycles. The summed E-state index contributed by atoms with van der Waals surface area (Å²) in [6.07, 6.45) is -3.24. The summed E-state index contributed by atoms with van der Waals surface area (Å²) in [5, 5.41) is 12.2. The van der Waals surface area contributed by atoms with Gasteiger partial charge in [-0.05, 0) is 92.1 Å². The summed E-state index contributed by atoms with van der Waals surface area (Å²) < 4.78 is 78.7. The fourth-order valence-corrected chi connectivity index (χ4v) is 6.12. The summed E-state index contributed by atoms with van der Waals surface area (Å²) in [4.78, 5) is 19.8. The van der Waals surface area contributed by atoms with E-state index in [0.29, 0.717) is 50.5 Å². The van der Waals surface area contributed by atoms with Crippen molar-refractivity contribution in [1.29, 1.82) is 0 Å². The number of carbonyl (C=O) groups excluding carboxylic acids is 1. The van der Waals surface area contributed by atoms with Gasteiger partial charge in [0, 0.05) is 42.8 Å². The van der Waals surface area contributed by atoms with E-state index in [0.717, 1.165) is 43.6 Å². The highest BCUT2D eigenvalue weighted by atomic mass is 19.4. The number of rotatable bonds is 6. The van der Waals surface area contributed by atoms with Gasteiger partial charge in [-0.2, -0.15) is 26.3 Å². The molecule has 2 aliphatic rings. The molecule has 1 unspecified atom stereocenters. The maximum atomic E-state index is 13.1. The van der Waals surface area contributed by atoms with Crippen LogP contribution in [0, 0.1) is 5.92 Å². The molecule has 3 aromatic rings. The lowest BCUT2D eigenvalue weighted by Crippen LogP contribution is -2.45. The summed E-state index contributed by atoms with van der Waals surface area (Å²) in [6.45, 7) is 3.02. The first-order valence-corrected chi connectivity index (χ1v) is 14.1. The van der Waals surface area contributed by atoms with Crippen molar-refractivity contribution in [2.75, 3.05) is 32.7 Å². The third kappa shape index (κ3) is 7.00. The number of likely N-dealkylation sites (tertiary alicyclic amines) is 2. The number of hydrogen-bond acceptors (Lipinski definition) is 3. The molecule has 5 nitrogen and oxygen atoms in total. The zero-order chi connectivity index (χ0) is 30.1. The van der Waals surface area contributed by atoms with E-state index in [1.54, 1.807) is 0 Å². The first kappa shape index (κ1) is 30.2. The van der Waals surface area contributed by atoms with Crippen molar-refractivity contribution in [3.8, 4) is 0 Å². The first-order valence-electron chi connectivity index (χ1n) is 14.1. The van der Waals surface area contributed by atoms with E-state index in [1.807, 2.05) is 12.1 Å². The summed E-state index contributed by atoms with van der Waals surface area (Å²) in [5.41, 5.74) is -0.741. The van der Waals surface area contributed by atoms with Crippen LogP contribution in [0.25, 0.3) is 17.0 Å². The number of aromatic nitrogens is 1. The van der Waals surface area contributed by atoms with Crippen molar-refractivity contribution in [2.24, 2.45) is 5.92 Å². The number of aromatic amines is 1. The van der Waals surface area contributed by atoms with E-state index >= 15 is 0 Å². The highest BCUT2D eigenvalue weighted by molar-refractivity contribution is 5.92. The smallest absolute Gasteiger partial charge is 0.392 e. The molecule has 42 heavy (non-hydrogen) atoms. The normalized spacial score (nSPS) is 19.2. The van der Waals surface area contributed by atoms with Crippen LogP contribution in [-0.4, -0.2) is 64.6 Å². The van der Waals surface area contributed by atoms with Gasteiger partial charge < -0.3 is 19.9 Å². The van der Waals surface area contributed by atoms with Crippen LogP contribution >= 0.6 is 0 Å². The minimum Gasteiger partial charge on any atom is -0.392 e. The van der Waals surface area contributed by atoms with Crippen LogP contribution < -0.4 is 0 Å². The largest absolute Gasteiger partial charge is 0.416 e. The van der Waals surface area contributed by atoms with Gasteiger partial charge in [-0.25, -0.2) is 0 Å². The van der Waals surface area contributed by atoms with E-state index in [9.17, 15) is 36.2 Å². The quantitative estimate of drug-likeness (QED) is 0.247. The van der Waals surface area contributed by atoms with Crippen LogP contribution in [0.2, 0.25) is 0 Å². The number of nitrogens with one attached hydrogen (secondary N) is 1. The van der Waals surface area contributed by atoms with Gasteiger partial charge in [0.15, 0.2) is 0 Å².